The fourth-order valence-corrected chi connectivity index (χ4v) is 1.60. The Bertz CT molecular complexity index is 331. The maximum Gasteiger partial charge on any atom is 0.142 e. The Labute approximate surface area is 110 Å². The third kappa shape index (κ3) is 5.47. The van der Waals surface area contributed by atoms with Crippen molar-refractivity contribution < 1.29 is 9.47 Å². The molecule has 18 heavy (non-hydrogen) atoms. The van der Waals surface area contributed by atoms with Crippen LogP contribution < -0.4 is 10.1 Å². The minimum atomic E-state index is 0.0408. The third-order valence-electron chi connectivity index (χ3n) is 2.50. The maximum atomic E-state index is 5.85. The van der Waals surface area contributed by atoms with Gasteiger partial charge >= 0.3 is 0 Å². The summed E-state index contributed by atoms with van der Waals surface area (Å²) in [6.45, 7) is 9.28. The van der Waals surface area contributed by atoms with E-state index in [1.54, 1.807) is 12.4 Å². The van der Waals surface area contributed by atoms with Gasteiger partial charge < -0.3 is 14.8 Å². The Kier molecular flexibility index (Phi) is 7.37. The van der Waals surface area contributed by atoms with Crippen molar-refractivity contribution in [2.45, 2.75) is 39.8 Å². The smallest absolute Gasteiger partial charge is 0.142 e. The molecule has 4 heteroatoms. The van der Waals surface area contributed by atoms with Gasteiger partial charge in [0.2, 0.25) is 0 Å². The Morgan fingerprint density at radius 1 is 1.39 bits per heavy atom. The van der Waals surface area contributed by atoms with Crippen LogP contribution in [-0.2, 0) is 11.3 Å². The Morgan fingerprint density at radius 2 is 2.22 bits per heavy atom. The topological polar surface area (TPSA) is 43.4 Å². The molecule has 1 aromatic rings. The molecule has 0 spiro atoms. The molecule has 0 aliphatic rings. The summed E-state index contributed by atoms with van der Waals surface area (Å²) in [5.41, 5.74) is 1.14. The Morgan fingerprint density at radius 3 is 2.94 bits per heavy atom. The van der Waals surface area contributed by atoms with Gasteiger partial charge in [0.05, 0.1) is 12.8 Å². The molecule has 1 atom stereocenters. The molecule has 0 aliphatic carbocycles. The highest BCUT2D eigenvalue weighted by molar-refractivity contribution is 5.29. The maximum absolute atomic E-state index is 5.85. The molecule has 0 fully saturated rings. The number of hydrogen-bond acceptors (Lipinski definition) is 4. The summed E-state index contributed by atoms with van der Waals surface area (Å²) >= 11 is 0. The lowest BCUT2D eigenvalue weighted by molar-refractivity contribution is 0.0650. The van der Waals surface area contributed by atoms with Crippen molar-refractivity contribution in [3.63, 3.8) is 0 Å². The summed E-state index contributed by atoms with van der Waals surface area (Å²) in [4.78, 5) is 4.11. The monoisotopic (exact) mass is 252 g/mol. The van der Waals surface area contributed by atoms with Gasteiger partial charge in [0, 0.05) is 24.9 Å². The number of aromatic nitrogens is 1. The zero-order chi connectivity index (χ0) is 13.2. The normalized spacial score (nSPS) is 12.4. The minimum absolute atomic E-state index is 0.0408. The molecule has 1 N–H and O–H groups in total. The largest absolute Gasteiger partial charge is 0.486 e. The highest BCUT2D eigenvalue weighted by Gasteiger charge is 2.08. The van der Waals surface area contributed by atoms with Crippen LogP contribution in [0, 0.1) is 0 Å². The van der Waals surface area contributed by atoms with E-state index in [-0.39, 0.29) is 6.10 Å². The second-order valence-electron chi connectivity index (χ2n) is 4.25. The molecule has 102 valence electrons. The lowest BCUT2D eigenvalue weighted by atomic mass is 10.2. The third-order valence-corrected chi connectivity index (χ3v) is 2.50. The van der Waals surface area contributed by atoms with Crippen LogP contribution in [0.3, 0.4) is 0 Å². The number of ether oxygens (including phenoxy) is 2. The predicted octanol–water partition coefficient (Wildman–Crippen LogP) is 2.39. The molecule has 0 bridgehead atoms. The Hall–Kier alpha value is -1.13. The van der Waals surface area contributed by atoms with Gasteiger partial charge in [-0.1, -0.05) is 6.92 Å². The second kappa shape index (κ2) is 8.89. The van der Waals surface area contributed by atoms with E-state index >= 15 is 0 Å². The Balaban J connectivity index is 2.52. The molecule has 4 nitrogen and oxygen atoms in total. The van der Waals surface area contributed by atoms with Crippen LogP contribution in [0.5, 0.6) is 5.75 Å². The van der Waals surface area contributed by atoms with Gasteiger partial charge in [-0.05, 0) is 32.9 Å². The van der Waals surface area contributed by atoms with E-state index in [1.807, 2.05) is 19.9 Å². The van der Waals surface area contributed by atoms with Crippen LogP contribution in [0.15, 0.2) is 18.5 Å². The average Bonchev–Trinajstić information content (AvgIpc) is 2.38. The van der Waals surface area contributed by atoms with E-state index in [0.29, 0.717) is 13.2 Å². The van der Waals surface area contributed by atoms with E-state index in [1.165, 1.54) is 0 Å². The standard InChI is InChI=1S/C14H24N2O2/c1-4-7-15-9-13-6-8-16-10-14(13)18-12(3)11-17-5-2/h6,8,10,12,15H,4-5,7,9,11H2,1-3H3. The number of pyridine rings is 1. The first-order valence-corrected chi connectivity index (χ1v) is 6.65. The summed E-state index contributed by atoms with van der Waals surface area (Å²) < 4.78 is 11.2. The molecule has 1 aromatic heterocycles. The predicted molar refractivity (Wildman–Crippen MR) is 72.8 cm³/mol. The SMILES string of the molecule is CCCNCc1ccncc1OC(C)COCC. The molecule has 0 aromatic carbocycles. The second-order valence-corrected chi connectivity index (χ2v) is 4.25. The molecular formula is C14H24N2O2. The molecule has 0 saturated carbocycles. The molecule has 0 amide bonds. The van der Waals surface area contributed by atoms with Gasteiger partial charge in [0.15, 0.2) is 0 Å². The lowest BCUT2D eigenvalue weighted by Gasteiger charge is -2.17. The van der Waals surface area contributed by atoms with E-state index in [0.717, 1.165) is 30.8 Å². The highest BCUT2D eigenvalue weighted by atomic mass is 16.5. The van der Waals surface area contributed by atoms with Gasteiger partial charge in [-0.3, -0.25) is 4.98 Å². The van der Waals surface area contributed by atoms with Crippen LogP contribution in [-0.4, -0.2) is 30.8 Å². The first kappa shape index (κ1) is 14.9. The minimum Gasteiger partial charge on any atom is -0.486 e. The van der Waals surface area contributed by atoms with Crippen LogP contribution in [0.1, 0.15) is 32.8 Å². The van der Waals surface area contributed by atoms with Gasteiger partial charge in [-0.15, -0.1) is 0 Å². The van der Waals surface area contributed by atoms with E-state index in [4.69, 9.17) is 9.47 Å². The van der Waals surface area contributed by atoms with Crippen LogP contribution in [0.2, 0.25) is 0 Å². The molecular weight excluding hydrogens is 228 g/mol. The van der Waals surface area contributed by atoms with E-state index in [2.05, 4.69) is 17.2 Å². The number of nitrogens with zero attached hydrogens (tertiary/aromatic N) is 1. The molecule has 0 aliphatic heterocycles. The van der Waals surface area contributed by atoms with Gasteiger partial charge in [0.25, 0.3) is 0 Å². The van der Waals surface area contributed by atoms with E-state index in [9.17, 15) is 0 Å². The van der Waals surface area contributed by atoms with Crippen molar-refractivity contribution in [2.75, 3.05) is 19.8 Å². The van der Waals surface area contributed by atoms with Gasteiger partial charge in [0.1, 0.15) is 11.9 Å². The highest BCUT2D eigenvalue weighted by Crippen LogP contribution is 2.17. The quantitative estimate of drug-likeness (QED) is 0.685. The van der Waals surface area contributed by atoms with Crippen LogP contribution >= 0.6 is 0 Å². The van der Waals surface area contributed by atoms with Gasteiger partial charge in [-0.25, -0.2) is 0 Å². The summed E-state index contributed by atoms with van der Waals surface area (Å²) in [6, 6.07) is 1.99. The van der Waals surface area contributed by atoms with Crippen molar-refractivity contribution >= 4 is 0 Å². The molecule has 1 rings (SSSR count). The number of nitrogens with one attached hydrogen (secondary N) is 1. The zero-order valence-electron chi connectivity index (χ0n) is 11.6. The lowest BCUT2D eigenvalue weighted by Crippen LogP contribution is -2.21. The van der Waals surface area contributed by atoms with Crippen molar-refractivity contribution in [3.05, 3.63) is 24.0 Å². The van der Waals surface area contributed by atoms with Crippen molar-refractivity contribution in [2.24, 2.45) is 0 Å². The first-order valence-electron chi connectivity index (χ1n) is 6.65. The number of rotatable bonds is 9. The summed E-state index contributed by atoms with van der Waals surface area (Å²) in [6.07, 6.45) is 4.73. The van der Waals surface area contributed by atoms with Crippen molar-refractivity contribution in [3.8, 4) is 5.75 Å². The summed E-state index contributed by atoms with van der Waals surface area (Å²) in [5, 5.41) is 3.37. The fraction of sp³-hybridized carbons (Fsp3) is 0.643. The van der Waals surface area contributed by atoms with Gasteiger partial charge in [-0.2, -0.15) is 0 Å². The molecule has 0 saturated heterocycles. The summed E-state index contributed by atoms with van der Waals surface area (Å²) in [5.74, 6) is 0.841. The molecule has 0 radical (unpaired) electrons. The van der Waals surface area contributed by atoms with Crippen LogP contribution in [0.4, 0.5) is 0 Å². The average molecular weight is 252 g/mol. The zero-order valence-corrected chi connectivity index (χ0v) is 11.6. The molecule has 1 unspecified atom stereocenters. The number of hydrogen-bond donors (Lipinski definition) is 1. The van der Waals surface area contributed by atoms with Crippen LogP contribution in [0.25, 0.3) is 0 Å². The van der Waals surface area contributed by atoms with E-state index < -0.39 is 0 Å². The van der Waals surface area contributed by atoms with Crippen molar-refractivity contribution in [1.82, 2.24) is 10.3 Å². The summed E-state index contributed by atoms with van der Waals surface area (Å²) in [7, 11) is 0. The first-order chi connectivity index (χ1) is 8.77. The van der Waals surface area contributed by atoms with Crippen molar-refractivity contribution in [1.29, 1.82) is 0 Å². The fourth-order valence-electron chi connectivity index (χ4n) is 1.60. The molecule has 1 heterocycles.